The monoisotopic (exact) mass is 265 g/mol. The van der Waals surface area contributed by atoms with Crippen molar-refractivity contribution in [1.82, 2.24) is 10.7 Å². The number of nitrogens with zero attached hydrogens (tertiary/aromatic N) is 1. The van der Waals surface area contributed by atoms with E-state index in [1.165, 1.54) is 25.7 Å². The first-order valence-electron chi connectivity index (χ1n) is 6.39. The van der Waals surface area contributed by atoms with Crippen molar-refractivity contribution in [3.05, 3.63) is 24.2 Å². The summed E-state index contributed by atoms with van der Waals surface area (Å²) in [6.07, 6.45) is 8.29. The molecule has 18 heavy (non-hydrogen) atoms. The molecule has 1 aliphatic carbocycles. The second-order valence-electron chi connectivity index (χ2n) is 4.73. The first kappa shape index (κ1) is 13.1. The predicted molar refractivity (Wildman–Crippen MR) is 76.6 cm³/mol. The summed E-state index contributed by atoms with van der Waals surface area (Å²) in [6, 6.07) is 4.13. The molecule has 0 radical (unpaired) electrons. The molecule has 98 valence electrons. The van der Waals surface area contributed by atoms with Crippen molar-refractivity contribution in [2.75, 3.05) is 0 Å². The van der Waals surface area contributed by atoms with E-state index >= 15 is 0 Å². The Balaban J connectivity index is 1.74. The zero-order chi connectivity index (χ0) is 12.8. The molecule has 1 saturated carbocycles. The molecule has 0 saturated heterocycles. The van der Waals surface area contributed by atoms with Gasteiger partial charge in [-0.15, -0.1) is 0 Å². The molecule has 1 aliphatic rings. The maximum atomic E-state index is 5.22. The van der Waals surface area contributed by atoms with Crippen LogP contribution in [0.3, 0.4) is 0 Å². The maximum Gasteiger partial charge on any atom is 0.187 e. The average molecular weight is 265 g/mol. The van der Waals surface area contributed by atoms with Crippen molar-refractivity contribution in [1.29, 1.82) is 0 Å². The van der Waals surface area contributed by atoms with Gasteiger partial charge < -0.3 is 9.73 Å². The van der Waals surface area contributed by atoms with Crippen molar-refractivity contribution >= 4 is 23.5 Å². The van der Waals surface area contributed by atoms with Crippen molar-refractivity contribution in [3.63, 3.8) is 0 Å². The predicted octanol–water partition coefficient (Wildman–Crippen LogP) is 2.66. The molecular formula is C13H19N3OS. The highest BCUT2D eigenvalue weighted by Gasteiger charge is 2.21. The van der Waals surface area contributed by atoms with Gasteiger partial charge in [0.15, 0.2) is 5.11 Å². The molecule has 0 aromatic carbocycles. The summed E-state index contributed by atoms with van der Waals surface area (Å²) in [7, 11) is 0. The highest BCUT2D eigenvalue weighted by atomic mass is 32.1. The lowest BCUT2D eigenvalue weighted by Crippen LogP contribution is -2.44. The fourth-order valence-electron chi connectivity index (χ4n) is 2.25. The lowest BCUT2D eigenvalue weighted by atomic mass is 9.86. The van der Waals surface area contributed by atoms with Crippen LogP contribution in [0.1, 0.15) is 38.4 Å². The van der Waals surface area contributed by atoms with Crippen LogP contribution in [0.25, 0.3) is 0 Å². The Morgan fingerprint density at radius 2 is 2.33 bits per heavy atom. The van der Waals surface area contributed by atoms with E-state index in [1.807, 2.05) is 12.1 Å². The molecule has 2 N–H and O–H groups in total. The fourth-order valence-corrected chi connectivity index (χ4v) is 2.45. The lowest BCUT2D eigenvalue weighted by molar-refractivity contribution is 0.308. The van der Waals surface area contributed by atoms with Gasteiger partial charge in [0.05, 0.1) is 12.5 Å². The minimum absolute atomic E-state index is 0.470. The van der Waals surface area contributed by atoms with Crippen molar-refractivity contribution in [2.24, 2.45) is 11.0 Å². The zero-order valence-electron chi connectivity index (χ0n) is 10.6. The van der Waals surface area contributed by atoms with Crippen LogP contribution >= 0.6 is 12.2 Å². The number of furan rings is 1. The van der Waals surface area contributed by atoms with Crippen molar-refractivity contribution in [2.45, 2.75) is 38.6 Å². The van der Waals surface area contributed by atoms with Crippen LogP contribution < -0.4 is 10.7 Å². The second-order valence-corrected chi connectivity index (χ2v) is 5.14. The van der Waals surface area contributed by atoms with Gasteiger partial charge in [-0.3, -0.25) is 5.43 Å². The number of rotatable bonds is 3. The quantitative estimate of drug-likeness (QED) is 0.501. The molecule has 0 spiro atoms. The normalized spacial score (nSPS) is 24.1. The molecule has 0 unspecified atom stereocenters. The Labute approximate surface area is 113 Å². The molecule has 5 heteroatoms. The fraction of sp³-hybridized carbons (Fsp3) is 0.538. The van der Waals surface area contributed by atoms with E-state index in [-0.39, 0.29) is 0 Å². The zero-order valence-corrected chi connectivity index (χ0v) is 11.4. The molecule has 1 aromatic heterocycles. The van der Waals surface area contributed by atoms with Gasteiger partial charge in [-0.05, 0) is 43.1 Å². The van der Waals surface area contributed by atoms with Crippen LogP contribution in [-0.2, 0) is 0 Å². The van der Waals surface area contributed by atoms with E-state index < -0.39 is 0 Å². The molecule has 0 bridgehead atoms. The Morgan fingerprint density at radius 3 is 3.06 bits per heavy atom. The lowest BCUT2D eigenvalue weighted by Gasteiger charge is -2.30. The van der Waals surface area contributed by atoms with Crippen LogP contribution in [-0.4, -0.2) is 17.4 Å². The van der Waals surface area contributed by atoms with E-state index in [4.69, 9.17) is 16.6 Å². The molecule has 1 heterocycles. The van der Waals surface area contributed by atoms with Gasteiger partial charge in [0.1, 0.15) is 5.76 Å². The number of hydrogen-bond acceptors (Lipinski definition) is 3. The number of hydrazone groups is 1. The minimum atomic E-state index is 0.470. The third-order valence-corrected chi connectivity index (χ3v) is 3.54. The second kappa shape index (κ2) is 6.54. The summed E-state index contributed by atoms with van der Waals surface area (Å²) >= 11 is 5.22. The van der Waals surface area contributed by atoms with Crippen LogP contribution in [0.15, 0.2) is 27.9 Å². The van der Waals surface area contributed by atoms with Gasteiger partial charge in [0, 0.05) is 6.04 Å². The molecule has 4 nitrogen and oxygen atoms in total. The third-order valence-electron chi connectivity index (χ3n) is 3.33. The highest BCUT2D eigenvalue weighted by Crippen LogP contribution is 2.23. The van der Waals surface area contributed by atoms with E-state index in [2.05, 4.69) is 22.8 Å². The Kier molecular flexibility index (Phi) is 4.75. The molecule has 0 amide bonds. The smallest absolute Gasteiger partial charge is 0.187 e. The van der Waals surface area contributed by atoms with E-state index in [9.17, 15) is 0 Å². The van der Waals surface area contributed by atoms with Crippen molar-refractivity contribution in [3.8, 4) is 0 Å². The van der Waals surface area contributed by atoms with Crippen LogP contribution in [0, 0.1) is 5.92 Å². The summed E-state index contributed by atoms with van der Waals surface area (Å²) in [5, 5.41) is 7.94. The van der Waals surface area contributed by atoms with Crippen LogP contribution in [0.4, 0.5) is 0 Å². The third kappa shape index (κ3) is 3.84. The van der Waals surface area contributed by atoms with Crippen LogP contribution in [0.2, 0.25) is 0 Å². The van der Waals surface area contributed by atoms with E-state index in [1.54, 1.807) is 12.5 Å². The molecule has 0 aliphatic heterocycles. The summed E-state index contributed by atoms with van der Waals surface area (Å²) in [6.45, 7) is 2.27. The number of hydrogen-bond donors (Lipinski definition) is 2. The van der Waals surface area contributed by atoms with E-state index in [0.29, 0.717) is 22.8 Å². The summed E-state index contributed by atoms with van der Waals surface area (Å²) in [5.74, 6) is 1.38. The molecular weight excluding hydrogens is 246 g/mol. The Hall–Kier alpha value is -1.36. The Morgan fingerprint density at radius 1 is 1.50 bits per heavy atom. The average Bonchev–Trinajstić information content (AvgIpc) is 2.85. The van der Waals surface area contributed by atoms with Gasteiger partial charge in [-0.2, -0.15) is 5.10 Å². The van der Waals surface area contributed by atoms with Gasteiger partial charge >= 0.3 is 0 Å². The standard InChI is InChI=1S/C13H19N3OS/c1-10-5-2-3-7-12(10)15-13(18)16-14-9-11-6-4-8-17-11/h4,6,8-10,12H,2-3,5,7H2,1H3,(H2,15,16,18)/b14-9-/t10-,12-/m0/s1. The summed E-state index contributed by atoms with van der Waals surface area (Å²) in [4.78, 5) is 0. The molecule has 2 rings (SSSR count). The van der Waals surface area contributed by atoms with Gasteiger partial charge in [-0.1, -0.05) is 19.8 Å². The summed E-state index contributed by atoms with van der Waals surface area (Å²) < 4.78 is 5.13. The molecule has 1 fully saturated rings. The Bertz CT molecular complexity index is 402. The molecule has 2 atom stereocenters. The highest BCUT2D eigenvalue weighted by molar-refractivity contribution is 7.80. The molecule has 1 aromatic rings. The summed E-state index contributed by atoms with van der Waals surface area (Å²) in [5.41, 5.74) is 2.82. The van der Waals surface area contributed by atoms with Gasteiger partial charge in [-0.25, -0.2) is 0 Å². The van der Waals surface area contributed by atoms with Gasteiger partial charge in [0.25, 0.3) is 0 Å². The first-order valence-corrected chi connectivity index (χ1v) is 6.79. The van der Waals surface area contributed by atoms with E-state index in [0.717, 1.165) is 0 Å². The van der Waals surface area contributed by atoms with Crippen LogP contribution in [0.5, 0.6) is 0 Å². The first-order chi connectivity index (χ1) is 8.75. The van der Waals surface area contributed by atoms with Gasteiger partial charge in [0.2, 0.25) is 0 Å². The SMILES string of the molecule is C[C@H]1CCCC[C@@H]1NC(=S)N/N=C\c1ccco1. The maximum absolute atomic E-state index is 5.22. The topological polar surface area (TPSA) is 49.6 Å². The largest absolute Gasteiger partial charge is 0.463 e. The van der Waals surface area contributed by atoms with Crippen molar-refractivity contribution < 1.29 is 4.42 Å². The number of thiocarbonyl (C=S) groups is 1. The minimum Gasteiger partial charge on any atom is -0.463 e. The number of nitrogens with one attached hydrogen (secondary N) is 2.